The van der Waals surface area contributed by atoms with E-state index in [9.17, 15) is 4.79 Å². The number of carbonyl (C=O) groups excluding carboxylic acids is 1. The van der Waals surface area contributed by atoms with Crippen molar-refractivity contribution in [1.82, 2.24) is 10.6 Å². The van der Waals surface area contributed by atoms with Crippen molar-refractivity contribution in [2.75, 3.05) is 20.3 Å². The monoisotopic (exact) mass is 242 g/mol. The highest BCUT2D eigenvalue weighted by molar-refractivity contribution is 5.76. The summed E-state index contributed by atoms with van der Waals surface area (Å²) in [6.07, 6.45) is 3.11. The molecule has 4 heteroatoms. The molecule has 1 amide bonds. The maximum atomic E-state index is 11.6. The molecule has 1 unspecified atom stereocenters. The molecule has 2 N–H and O–H groups in total. The lowest BCUT2D eigenvalue weighted by atomic mass is 10.1. The minimum Gasteiger partial charge on any atom is -0.383 e. The van der Waals surface area contributed by atoms with Gasteiger partial charge in [-0.1, -0.05) is 0 Å². The van der Waals surface area contributed by atoms with Crippen molar-refractivity contribution in [1.29, 1.82) is 0 Å². The highest BCUT2D eigenvalue weighted by Crippen LogP contribution is 2.32. The Morgan fingerprint density at radius 1 is 1.41 bits per heavy atom. The second kappa shape index (κ2) is 6.36. The smallest absolute Gasteiger partial charge is 0.221 e. The molecule has 1 fully saturated rings. The van der Waals surface area contributed by atoms with E-state index in [-0.39, 0.29) is 11.4 Å². The third-order valence-corrected chi connectivity index (χ3v) is 2.81. The van der Waals surface area contributed by atoms with Crippen molar-refractivity contribution in [2.24, 2.45) is 5.92 Å². The fraction of sp³-hybridized carbons (Fsp3) is 0.923. The Hall–Kier alpha value is -0.610. The number of rotatable bonds is 7. The number of carbonyl (C=O) groups is 1. The summed E-state index contributed by atoms with van der Waals surface area (Å²) in [5.74, 6) is 0.859. The van der Waals surface area contributed by atoms with Gasteiger partial charge in [-0.3, -0.25) is 4.79 Å². The predicted molar refractivity (Wildman–Crippen MR) is 68.9 cm³/mol. The van der Waals surface area contributed by atoms with Crippen LogP contribution in [0.25, 0.3) is 0 Å². The summed E-state index contributed by atoms with van der Waals surface area (Å²) in [5, 5.41) is 6.37. The Balaban J connectivity index is 2.15. The fourth-order valence-corrected chi connectivity index (χ4v) is 1.89. The molecule has 1 atom stereocenters. The summed E-state index contributed by atoms with van der Waals surface area (Å²) in [7, 11) is 1.73. The standard InChI is InChI=1S/C13H26N2O2/c1-13(2,3)15-12(16)7-8-14-11(9-17-4)10-5-6-10/h10-11,14H,5-9H2,1-4H3,(H,15,16). The molecule has 1 aliphatic rings. The van der Waals surface area contributed by atoms with E-state index in [1.165, 1.54) is 12.8 Å². The first-order valence-electron chi connectivity index (χ1n) is 6.45. The molecule has 0 aliphatic heterocycles. The molecular formula is C13H26N2O2. The molecular weight excluding hydrogens is 216 g/mol. The van der Waals surface area contributed by atoms with Crippen molar-refractivity contribution in [3.8, 4) is 0 Å². The lowest BCUT2D eigenvalue weighted by molar-refractivity contribution is -0.122. The van der Waals surface area contributed by atoms with Crippen LogP contribution in [0.2, 0.25) is 0 Å². The van der Waals surface area contributed by atoms with E-state index in [2.05, 4.69) is 10.6 Å². The maximum Gasteiger partial charge on any atom is 0.221 e. The summed E-state index contributed by atoms with van der Waals surface area (Å²) in [6, 6.07) is 0.419. The van der Waals surface area contributed by atoms with Crippen LogP contribution in [0, 0.1) is 5.92 Å². The van der Waals surface area contributed by atoms with Crippen LogP contribution in [0.15, 0.2) is 0 Å². The number of ether oxygens (including phenoxy) is 1. The first kappa shape index (κ1) is 14.5. The van der Waals surface area contributed by atoms with Gasteiger partial charge in [-0.25, -0.2) is 0 Å². The molecule has 0 radical (unpaired) electrons. The van der Waals surface area contributed by atoms with E-state index in [0.29, 0.717) is 12.5 Å². The molecule has 0 aromatic carbocycles. The molecule has 0 heterocycles. The second-order valence-corrected chi connectivity index (χ2v) is 5.90. The van der Waals surface area contributed by atoms with Crippen LogP contribution in [0.1, 0.15) is 40.0 Å². The largest absolute Gasteiger partial charge is 0.383 e. The maximum absolute atomic E-state index is 11.6. The van der Waals surface area contributed by atoms with Gasteiger partial charge in [0.05, 0.1) is 6.61 Å². The average Bonchev–Trinajstić information content (AvgIpc) is 2.96. The van der Waals surface area contributed by atoms with Crippen molar-refractivity contribution >= 4 is 5.91 Å². The van der Waals surface area contributed by atoms with Crippen molar-refractivity contribution < 1.29 is 9.53 Å². The van der Waals surface area contributed by atoms with E-state index >= 15 is 0 Å². The van der Waals surface area contributed by atoms with Gasteiger partial charge in [-0.05, 0) is 39.5 Å². The highest BCUT2D eigenvalue weighted by atomic mass is 16.5. The van der Waals surface area contributed by atoms with E-state index in [1.807, 2.05) is 20.8 Å². The number of methoxy groups -OCH3 is 1. The van der Waals surface area contributed by atoms with Gasteiger partial charge in [0, 0.05) is 31.7 Å². The van der Waals surface area contributed by atoms with Crippen molar-refractivity contribution in [3.05, 3.63) is 0 Å². The molecule has 0 saturated heterocycles. The molecule has 4 nitrogen and oxygen atoms in total. The summed E-state index contributed by atoms with van der Waals surface area (Å²) < 4.78 is 5.18. The van der Waals surface area contributed by atoms with Gasteiger partial charge in [0.15, 0.2) is 0 Å². The molecule has 0 aromatic rings. The third kappa shape index (κ3) is 6.64. The van der Waals surface area contributed by atoms with Gasteiger partial charge < -0.3 is 15.4 Å². The molecule has 0 spiro atoms. The van der Waals surface area contributed by atoms with Crippen LogP contribution in [0.4, 0.5) is 0 Å². The summed E-state index contributed by atoms with van der Waals surface area (Å²) >= 11 is 0. The predicted octanol–water partition coefficient (Wildman–Crippen LogP) is 1.31. The van der Waals surface area contributed by atoms with Crippen LogP contribution >= 0.6 is 0 Å². The Kier molecular flexibility index (Phi) is 5.40. The van der Waals surface area contributed by atoms with E-state index < -0.39 is 0 Å². The van der Waals surface area contributed by atoms with Gasteiger partial charge in [0.2, 0.25) is 5.91 Å². The number of hydrogen-bond acceptors (Lipinski definition) is 3. The number of nitrogens with one attached hydrogen (secondary N) is 2. The zero-order valence-electron chi connectivity index (χ0n) is 11.5. The van der Waals surface area contributed by atoms with E-state index in [4.69, 9.17) is 4.74 Å². The molecule has 1 aliphatic carbocycles. The molecule has 17 heavy (non-hydrogen) atoms. The topological polar surface area (TPSA) is 50.4 Å². The van der Waals surface area contributed by atoms with Gasteiger partial charge in [0.25, 0.3) is 0 Å². The summed E-state index contributed by atoms with van der Waals surface area (Å²) in [5.41, 5.74) is -0.139. The Morgan fingerprint density at radius 2 is 2.06 bits per heavy atom. The SMILES string of the molecule is COCC(NCCC(=O)NC(C)(C)C)C1CC1. The molecule has 0 aromatic heterocycles. The minimum atomic E-state index is -0.139. The first-order valence-corrected chi connectivity index (χ1v) is 6.45. The Morgan fingerprint density at radius 3 is 2.53 bits per heavy atom. The summed E-state index contributed by atoms with van der Waals surface area (Å²) in [4.78, 5) is 11.6. The van der Waals surface area contributed by atoms with Crippen LogP contribution in [-0.2, 0) is 9.53 Å². The lowest BCUT2D eigenvalue weighted by Crippen LogP contribution is -2.43. The average molecular weight is 242 g/mol. The Bertz CT molecular complexity index is 244. The minimum absolute atomic E-state index is 0.108. The second-order valence-electron chi connectivity index (χ2n) is 5.90. The number of amides is 1. The van der Waals surface area contributed by atoms with Crippen LogP contribution < -0.4 is 10.6 Å². The fourth-order valence-electron chi connectivity index (χ4n) is 1.89. The van der Waals surface area contributed by atoms with Gasteiger partial charge in [-0.15, -0.1) is 0 Å². The molecule has 0 bridgehead atoms. The van der Waals surface area contributed by atoms with Crippen LogP contribution in [0.3, 0.4) is 0 Å². The molecule has 1 rings (SSSR count). The van der Waals surface area contributed by atoms with Gasteiger partial charge in [0.1, 0.15) is 0 Å². The third-order valence-electron chi connectivity index (χ3n) is 2.81. The van der Waals surface area contributed by atoms with Crippen molar-refractivity contribution in [2.45, 2.75) is 51.6 Å². The zero-order valence-corrected chi connectivity index (χ0v) is 11.5. The Labute approximate surface area is 104 Å². The van der Waals surface area contributed by atoms with Gasteiger partial charge >= 0.3 is 0 Å². The van der Waals surface area contributed by atoms with Crippen LogP contribution in [-0.4, -0.2) is 37.7 Å². The highest BCUT2D eigenvalue weighted by Gasteiger charge is 2.30. The first-order chi connectivity index (χ1) is 7.92. The quantitative estimate of drug-likeness (QED) is 0.707. The molecule has 1 saturated carbocycles. The lowest BCUT2D eigenvalue weighted by Gasteiger charge is -2.21. The van der Waals surface area contributed by atoms with Crippen LogP contribution in [0.5, 0.6) is 0 Å². The van der Waals surface area contributed by atoms with E-state index in [1.54, 1.807) is 7.11 Å². The van der Waals surface area contributed by atoms with Crippen molar-refractivity contribution in [3.63, 3.8) is 0 Å². The van der Waals surface area contributed by atoms with E-state index in [0.717, 1.165) is 19.1 Å². The summed E-state index contributed by atoms with van der Waals surface area (Å²) in [6.45, 7) is 7.46. The zero-order chi connectivity index (χ0) is 12.9. The molecule has 100 valence electrons. The number of hydrogen-bond donors (Lipinski definition) is 2. The normalized spacial score (nSPS) is 17.9. The van der Waals surface area contributed by atoms with Gasteiger partial charge in [-0.2, -0.15) is 0 Å².